The van der Waals surface area contributed by atoms with Crippen LogP contribution in [0.5, 0.6) is 0 Å². The van der Waals surface area contributed by atoms with E-state index in [1.807, 2.05) is 17.5 Å². The molecule has 1 fully saturated rings. The molecule has 1 aliphatic heterocycles. The van der Waals surface area contributed by atoms with E-state index in [-0.39, 0.29) is 11.8 Å². The highest BCUT2D eigenvalue weighted by Crippen LogP contribution is 2.23. The molecule has 2 amide bonds. The number of thiophene rings is 2. The van der Waals surface area contributed by atoms with Gasteiger partial charge in [0.05, 0.1) is 15.8 Å². The van der Waals surface area contributed by atoms with Crippen molar-refractivity contribution in [3.8, 4) is 0 Å². The summed E-state index contributed by atoms with van der Waals surface area (Å²) in [4.78, 5) is 31.0. The molecule has 0 aliphatic carbocycles. The summed E-state index contributed by atoms with van der Waals surface area (Å²) in [7, 11) is 0. The van der Waals surface area contributed by atoms with Crippen molar-refractivity contribution in [1.82, 2.24) is 9.80 Å². The third-order valence-corrected chi connectivity index (χ3v) is 7.10. The number of benzene rings is 1. The molecule has 2 aromatic heterocycles. The predicted molar refractivity (Wildman–Crippen MR) is 128 cm³/mol. The van der Waals surface area contributed by atoms with Crippen molar-refractivity contribution in [3.05, 3.63) is 68.0 Å². The molecule has 0 radical (unpaired) electrons. The Morgan fingerprint density at radius 3 is 2.19 bits per heavy atom. The Bertz CT molecular complexity index is 1010. The summed E-state index contributed by atoms with van der Waals surface area (Å²) in [5.41, 5.74) is 1.41. The van der Waals surface area contributed by atoms with E-state index in [1.165, 1.54) is 16.2 Å². The highest BCUT2D eigenvalue weighted by Gasteiger charge is 2.19. The molecule has 0 bridgehead atoms. The summed E-state index contributed by atoms with van der Waals surface area (Å²) >= 11 is 9.02. The lowest BCUT2D eigenvalue weighted by molar-refractivity contribution is -0.117. The van der Waals surface area contributed by atoms with Gasteiger partial charge < -0.3 is 10.6 Å². The summed E-state index contributed by atoms with van der Waals surface area (Å²) in [6, 6.07) is 14.8. The lowest BCUT2D eigenvalue weighted by atomic mass is 10.2. The predicted octanol–water partition coefficient (Wildman–Crippen LogP) is 4.47. The van der Waals surface area contributed by atoms with E-state index >= 15 is 0 Å². The Morgan fingerprint density at radius 2 is 1.58 bits per heavy atom. The fourth-order valence-corrected chi connectivity index (χ4v) is 5.15. The maximum atomic E-state index is 12.4. The second-order valence-electron chi connectivity index (χ2n) is 7.32. The maximum Gasteiger partial charge on any atom is 0.265 e. The lowest BCUT2D eigenvalue weighted by Crippen LogP contribution is -2.48. The van der Waals surface area contributed by atoms with E-state index < -0.39 is 0 Å². The summed E-state index contributed by atoms with van der Waals surface area (Å²) in [5.74, 6) is -0.165. The molecular weight excluding hydrogens is 452 g/mol. The van der Waals surface area contributed by atoms with E-state index in [1.54, 1.807) is 41.7 Å². The van der Waals surface area contributed by atoms with Crippen LogP contribution in [0.15, 0.2) is 53.9 Å². The lowest BCUT2D eigenvalue weighted by Gasteiger charge is -2.34. The number of hydrogen-bond donors (Lipinski definition) is 2. The van der Waals surface area contributed by atoms with Gasteiger partial charge in [-0.1, -0.05) is 17.7 Å². The van der Waals surface area contributed by atoms with Crippen LogP contribution in [0.2, 0.25) is 4.34 Å². The summed E-state index contributed by atoms with van der Waals surface area (Å²) in [6.45, 7) is 4.87. The third kappa shape index (κ3) is 6.38. The molecule has 1 aliphatic rings. The van der Waals surface area contributed by atoms with E-state index in [9.17, 15) is 9.59 Å². The monoisotopic (exact) mass is 474 g/mol. The van der Waals surface area contributed by atoms with Crippen LogP contribution >= 0.6 is 34.3 Å². The van der Waals surface area contributed by atoms with Gasteiger partial charge in [0.25, 0.3) is 5.91 Å². The summed E-state index contributed by atoms with van der Waals surface area (Å²) in [6.07, 6.45) is 0. The van der Waals surface area contributed by atoms with Gasteiger partial charge in [-0.3, -0.25) is 19.4 Å². The normalized spacial score (nSPS) is 15.0. The molecule has 0 saturated carbocycles. The van der Waals surface area contributed by atoms with Gasteiger partial charge in [0.1, 0.15) is 0 Å². The molecule has 0 spiro atoms. The smallest absolute Gasteiger partial charge is 0.265 e. The molecule has 3 aromatic rings. The first-order valence-electron chi connectivity index (χ1n) is 9.99. The van der Waals surface area contributed by atoms with Crippen LogP contribution in [0.1, 0.15) is 14.5 Å². The largest absolute Gasteiger partial charge is 0.325 e. The van der Waals surface area contributed by atoms with Crippen LogP contribution in [-0.2, 0) is 11.3 Å². The van der Waals surface area contributed by atoms with E-state index in [4.69, 9.17) is 11.6 Å². The molecule has 1 aromatic carbocycles. The minimum atomic E-state index is -0.131. The molecule has 0 atom stereocenters. The van der Waals surface area contributed by atoms with Crippen molar-refractivity contribution in [2.75, 3.05) is 43.4 Å². The fraction of sp³-hybridized carbons (Fsp3) is 0.273. The summed E-state index contributed by atoms with van der Waals surface area (Å²) in [5, 5.41) is 7.65. The third-order valence-electron chi connectivity index (χ3n) is 5.01. The van der Waals surface area contributed by atoms with Gasteiger partial charge in [-0.05, 0) is 47.8 Å². The molecule has 0 unspecified atom stereocenters. The highest BCUT2D eigenvalue weighted by molar-refractivity contribution is 7.16. The number of carbonyl (C=O) groups is 2. The molecular formula is C22H23ClN4O2S2. The molecule has 3 heterocycles. The molecule has 1 saturated heterocycles. The molecule has 4 rings (SSSR count). The second-order valence-corrected chi connectivity index (χ2v) is 10.1. The fourth-order valence-electron chi connectivity index (χ4n) is 3.40. The molecule has 6 nitrogen and oxygen atoms in total. The van der Waals surface area contributed by atoms with Crippen LogP contribution in [0.4, 0.5) is 11.4 Å². The number of nitrogens with one attached hydrogen (secondary N) is 2. The zero-order valence-electron chi connectivity index (χ0n) is 16.8. The van der Waals surface area contributed by atoms with Gasteiger partial charge in [-0.2, -0.15) is 0 Å². The molecule has 2 N–H and O–H groups in total. The first kappa shape index (κ1) is 22.0. The quantitative estimate of drug-likeness (QED) is 0.530. The minimum absolute atomic E-state index is 0.0335. The minimum Gasteiger partial charge on any atom is -0.325 e. The first-order chi connectivity index (χ1) is 15.0. The van der Waals surface area contributed by atoms with Crippen LogP contribution in [0.25, 0.3) is 0 Å². The number of hydrogen-bond acceptors (Lipinski definition) is 6. The van der Waals surface area contributed by atoms with Crippen molar-refractivity contribution in [2.45, 2.75) is 6.54 Å². The van der Waals surface area contributed by atoms with Gasteiger partial charge in [-0.15, -0.1) is 22.7 Å². The van der Waals surface area contributed by atoms with Crippen molar-refractivity contribution in [2.24, 2.45) is 0 Å². The van der Waals surface area contributed by atoms with E-state index in [0.717, 1.165) is 37.1 Å². The van der Waals surface area contributed by atoms with Gasteiger partial charge in [0, 0.05) is 49.0 Å². The summed E-state index contributed by atoms with van der Waals surface area (Å²) < 4.78 is 0.822. The Kier molecular flexibility index (Phi) is 7.37. The van der Waals surface area contributed by atoms with Gasteiger partial charge >= 0.3 is 0 Å². The number of nitrogens with zero attached hydrogens (tertiary/aromatic N) is 2. The Hall–Kier alpha value is -2.23. The average Bonchev–Trinajstić information content (AvgIpc) is 3.43. The van der Waals surface area contributed by atoms with E-state index in [0.29, 0.717) is 22.8 Å². The van der Waals surface area contributed by atoms with Gasteiger partial charge in [0.2, 0.25) is 5.91 Å². The first-order valence-corrected chi connectivity index (χ1v) is 12.1. The SMILES string of the molecule is O=C(CN1CCN(Cc2ccc(Cl)s2)CC1)Nc1ccc(NC(=O)c2cccs2)cc1. The average molecular weight is 475 g/mol. The zero-order chi connectivity index (χ0) is 21.6. The van der Waals surface area contributed by atoms with Crippen LogP contribution < -0.4 is 10.6 Å². The van der Waals surface area contributed by atoms with Crippen molar-refractivity contribution >= 4 is 57.5 Å². The topological polar surface area (TPSA) is 64.7 Å². The molecule has 31 heavy (non-hydrogen) atoms. The van der Waals surface area contributed by atoms with Crippen molar-refractivity contribution < 1.29 is 9.59 Å². The Labute approximate surface area is 194 Å². The second kappa shape index (κ2) is 10.4. The Balaban J connectivity index is 1.20. The zero-order valence-corrected chi connectivity index (χ0v) is 19.2. The number of carbonyl (C=O) groups excluding carboxylic acids is 2. The number of halogens is 1. The van der Waals surface area contributed by atoms with Crippen LogP contribution in [-0.4, -0.2) is 54.3 Å². The van der Waals surface area contributed by atoms with E-state index in [2.05, 4.69) is 26.5 Å². The van der Waals surface area contributed by atoms with Crippen LogP contribution in [0.3, 0.4) is 0 Å². The molecule has 162 valence electrons. The van der Waals surface area contributed by atoms with Gasteiger partial charge in [-0.25, -0.2) is 0 Å². The van der Waals surface area contributed by atoms with Crippen LogP contribution in [0, 0.1) is 0 Å². The number of rotatable bonds is 7. The van der Waals surface area contributed by atoms with Crippen molar-refractivity contribution in [1.29, 1.82) is 0 Å². The van der Waals surface area contributed by atoms with Crippen molar-refractivity contribution in [3.63, 3.8) is 0 Å². The molecule has 9 heteroatoms. The highest BCUT2D eigenvalue weighted by atomic mass is 35.5. The Morgan fingerprint density at radius 1 is 0.903 bits per heavy atom. The number of anilines is 2. The number of piperazine rings is 1. The van der Waals surface area contributed by atoms with Gasteiger partial charge in [0.15, 0.2) is 0 Å². The standard InChI is InChI=1S/C22H23ClN4O2S2/c23-20-8-7-18(31-20)14-26-9-11-27(12-10-26)15-21(28)24-16-3-5-17(6-4-16)25-22(29)19-2-1-13-30-19/h1-8,13H,9-12,14-15H2,(H,24,28)(H,25,29). The number of amides is 2. The maximum absolute atomic E-state index is 12.4.